The second-order valence-electron chi connectivity index (χ2n) is 21.4. The molecular formula is C59H115N2O6P. The topological polar surface area (TPSA) is 108 Å². The lowest BCUT2D eigenvalue weighted by atomic mass is 10.0. The predicted octanol–water partition coefficient (Wildman–Crippen LogP) is 17.1. The molecule has 0 aromatic heterocycles. The Morgan fingerprint density at radius 1 is 0.515 bits per heavy atom. The number of unbranched alkanes of at least 4 members (excludes halogenated alkanes) is 35. The highest BCUT2D eigenvalue weighted by Gasteiger charge is 2.24. The molecule has 0 fully saturated rings. The smallest absolute Gasteiger partial charge is 0.268 e. The molecule has 402 valence electrons. The van der Waals surface area contributed by atoms with Gasteiger partial charge in [-0.15, -0.1) is 0 Å². The minimum atomic E-state index is -4.56. The van der Waals surface area contributed by atoms with Crippen molar-refractivity contribution in [1.29, 1.82) is 0 Å². The number of hydrogen-bond donors (Lipinski definition) is 2. The molecule has 68 heavy (non-hydrogen) atoms. The second-order valence-corrected chi connectivity index (χ2v) is 22.8. The van der Waals surface area contributed by atoms with Crippen molar-refractivity contribution in [3.05, 3.63) is 36.5 Å². The summed E-state index contributed by atoms with van der Waals surface area (Å²) in [5, 5.41) is 13.8. The standard InChI is InChI=1S/C59H115N2O6P/c1-6-8-10-12-14-15-16-17-18-19-20-21-22-23-24-25-26-27-28-29-30-31-32-33-34-35-36-37-38-39-40-41-42-43-44-45-47-49-51-53-59(63)60-57(58(62)52-50-48-46-13-11-9-7-2)56-67-68(64,65)66-55-54-61(3,4)5/h16-17,19-20,22-23,57-58,62H,6-15,18,21,24-56H2,1-5H3,(H-,60,63,64,65)/b17-16-,20-19-,23-22-. The molecule has 3 unspecified atom stereocenters. The number of aliphatic hydroxyl groups excluding tert-OH is 1. The number of hydrogen-bond acceptors (Lipinski definition) is 6. The van der Waals surface area contributed by atoms with Crippen molar-refractivity contribution in [2.75, 3.05) is 40.9 Å². The van der Waals surface area contributed by atoms with E-state index in [4.69, 9.17) is 9.05 Å². The van der Waals surface area contributed by atoms with Crippen LogP contribution >= 0.6 is 7.82 Å². The summed E-state index contributed by atoms with van der Waals surface area (Å²) in [6.45, 7) is 4.67. The first kappa shape index (κ1) is 66.7. The van der Waals surface area contributed by atoms with E-state index in [0.717, 1.165) is 51.4 Å². The van der Waals surface area contributed by atoms with Crippen LogP contribution in [0, 0.1) is 0 Å². The number of aliphatic hydroxyl groups is 1. The Morgan fingerprint density at radius 2 is 0.853 bits per heavy atom. The summed E-state index contributed by atoms with van der Waals surface area (Å²) in [5.74, 6) is -0.165. The van der Waals surface area contributed by atoms with Crippen LogP contribution in [0.2, 0.25) is 0 Å². The fraction of sp³-hybridized carbons (Fsp3) is 0.881. The molecule has 0 saturated heterocycles. The van der Waals surface area contributed by atoms with Crippen LogP contribution in [-0.4, -0.2) is 68.5 Å². The third-order valence-corrected chi connectivity index (χ3v) is 14.3. The maximum absolute atomic E-state index is 12.9. The van der Waals surface area contributed by atoms with E-state index in [1.165, 1.54) is 205 Å². The van der Waals surface area contributed by atoms with Crippen molar-refractivity contribution in [3.8, 4) is 0 Å². The van der Waals surface area contributed by atoms with Gasteiger partial charge in [-0.1, -0.05) is 262 Å². The predicted molar refractivity (Wildman–Crippen MR) is 293 cm³/mol. The number of nitrogens with zero attached hydrogens (tertiary/aromatic N) is 1. The van der Waals surface area contributed by atoms with Crippen molar-refractivity contribution < 1.29 is 32.9 Å². The fourth-order valence-electron chi connectivity index (χ4n) is 8.76. The number of phosphoric ester groups is 1. The SMILES string of the molecule is CCCCCCC/C=C\C/C=C\C/C=C\CCCCCCCCCCCCCCCCCCCCCCCCCCC(=O)NC(COP(=O)([O-])OCC[N+](C)(C)C)C(O)CCCCCCCCC. The van der Waals surface area contributed by atoms with E-state index < -0.39 is 20.0 Å². The van der Waals surface area contributed by atoms with Crippen LogP contribution in [0.4, 0.5) is 0 Å². The first-order valence-electron chi connectivity index (χ1n) is 29.3. The summed E-state index contributed by atoms with van der Waals surface area (Å²) in [6.07, 6.45) is 65.2. The molecular weight excluding hydrogens is 864 g/mol. The number of allylic oxidation sites excluding steroid dienone is 6. The van der Waals surface area contributed by atoms with Gasteiger partial charge in [0.1, 0.15) is 13.2 Å². The molecule has 9 heteroatoms. The number of phosphoric acid groups is 1. The lowest BCUT2D eigenvalue weighted by Gasteiger charge is -2.30. The Labute approximate surface area is 423 Å². The Balaban J connectivity index is 3.73. The van der Waals surface area contributed by atoms with Gasteiger partial charge in [0.25, 0.3) is 7.82 Å². The van der Waals surface area contributed by atoms with E-state index >= 15 is 0 Å². The number of likely N-dealkylation sites (N-methyl/N-ethyl adjacent to an activating group) is 1. The van der Waals surface area contributed by atoms with Crippen LogP contribution in [0.15, 0.2) is 36.5 Å². The van der Waals surface area contributed by atoms with Gasteiger partial charge >= 0.3 is 0 Å². The molecule has 0 aromatic carbocycles. The minimum Gasteiger partial charge on any atom is -0.756 e. The molecule has 0 spiro atoms. The average molecular weight is 980 g/mol. The van der Waals surface area contributed by atoms with Gasteiger partial charge in [-0.05, 0) is 51.4 Å². The molecule has 0 bridgehead atoms. The number of carbonyl (C=O) groups excluding carboxylic acids is 1. The zero-order valence-corrected chi connectivity index (χ0v) is 46.7. The molecule has 0 saturated carbocycles. The van der Waals surface area contributed by atoms with Crippen LogP contribution in [0.5, 0.6) is 0 Å². The number of quaternary nitrogens is 1. The zero-order valence-electron chi connectivity index (χ0n) is 45.8. The largest absolute Gasteiger partial charge is 0.756 e. The van der Waals surface area contributed by atoms with Gasteiger partial charge in [0, 0.05) is 6.42 Å². The normalized spacial score (nSPS) is 14.2. The Bertz CT molecular complexity index is 1200. The number of nitrogens with one attached hydrogen (secondary N) is 1. The molecule has 0 aliphatic heterocycles. The highest BCUT2D eigenvalue weighted by Crippen LogP contribution is 2.38. The van der Waals surface area contributed by atoms with Gasteiger partial charge in [-0.25, -0.2) is 0 Å². The van der Waals surface area contributed by atoms with Gasteiger partial charge in [0.05, 0.1) is 39.9 Å². The van der Waals surface area contributed by atoms with Crippen molar-refractivity contribution in [2.45, 2.75) is 296 Å². The van der Waals surface area contributed by atoms with Gasteiger partial charge in [-0.3, -0.25) is 9.36 Å². The Morgan fingerprint density at radius 3 is 1.24 bits per heavy atom. The monoisotopic (exact) mass is 979 g/mol. The molecule has 8 nitrogen and oxygen atoms in total. The first-order valence-corrected chi connectivity index (χ1v) is 30.8. The molecule has 1 amide bonds. The first-order chi connectivity index (χ1) is 33.0. The lowest BCUT2D eigenvalue weighted by molar-refractivity contribution is -0.870. The summed E-state index contributed by atoms with van der Waals surface area (Å²) in [6, 6.07) is -0.795. The molecule has 3 atom stereocenters. The molecule has 0 heterocycles. The maximum atomic E-state index is 12.9. The average Bonchev–Trinajstić information content (AvgIpc) is 3.30. The third kappa shape index (κ3) is 52.5. The second kappa shape index (κ2) is 50.7. The van der Waals surface area contributed by atoms with Crippen LogP contribution in [0.3, 0.4) is 0 Å². The zero-order chi connectivity index (χ0) is 49.9. The van der Waals surface area contributed by atoms with Gasteiger partial charge < -0.3 is 28.8 Å². The van der Waals surface area contributed by atoms with E-state index in [1.54, 1.807) is 0 Å². The van der Waals surface area contributed by atoms with Crippen molar-refractivity contribution in [2.24, 2.45) is 0 Å². The molecule has 2 N–H and O–H groups in total. The van der Waals surface area contributed by atoms with Gasteiger partial charge in [-0.2, -0.15) is 0 Å². The number of carbonyl (C=O) groups is 1. The number of rotatable bonds is 54. The van der Waals surface area contributed by atoms with Crippen molar-refractivity contribution in [3.63, 3.8) is 0 Å². The van der Waals surface area contributed by atoms with Gasteiger partial charge in [0.2, 0.25) is 5.91 Å². The van der Waals surface area contributed by atoms with Crippen molar-refractivity contribution in [1.82, 2.24) is 5.32 Å². The highest BCUT2D eigenvalue weighted by atomic mass is 31.2. The van der Waals surface area contributed by atoms with E-state index in [9.17, 15) is 19.4 Å². The van der Waals surface area contributed by atoms with Crippen LogP contribution in [0.1, 0.15) is 284 Å². The Hall–Kier alpha value is -1.28. The van der Waals surface area contributed by atoms with E-state index in [2.05, 4.69) is 55.6 Å². The van der Waals surface area contributed by atoms with E-state index in [1.807, 2.05) is 21.1 Å². The number of amides is 1. The summed E-state index contributed by atoms with van der Waals surface area (Å²) in [7, 11) is 1.31. The lowest BCUT2D eigenvalue weighted by Crippen LogP contribution is -2.46. The van der Waals surface area contributed by atoms with Crippen LogP contribution < -0.4 is 10.2 Å². The summed E-state index contributed by atoms with van der Waals surface area (Å²) >= 11 is 0. The maximum Gasteiger partial charge on any atom is 0.268 e. The van der Waals surface area contributed by atoms with E-state index in [0.29, 0.717) is 23.9 Å². The quantitative estimate of drug-likeness (QED) is 0.0272. The van der Waals surface area contributed by atoms with Crippen molar-refractivity contribution >= 4 is 13.7 Å². The van der Waals surface area contributed by atoms with Crippen LogP contribution in [-0.2, 0) is 18.4 Å². The minimum absolute atomic E-state index is 0.0135. The molecule has 0 aliphatic rings. The fourth-order valence-corrected chi connectivity index (χ4v) is 9.48. The Kier molecular flexibility index (Phi) is 49.7. The highest BCUT2D eigenvalue weighted by molar-refractivity contribution is 7.45. The summed E-state index contributed by atoms with van der Waals surface area (Å²) in [4.78, 5) is 25.3. The van der Waals surface area contributed by atoms with E-state index in [-0.39, 0.29) is 19.1 Å². The molecule has 0 radical (unpaired) electrons. The molecule has 0 rings (SSSR count). The molecule has 0 aromatic rings. The summed E-state index contributed by atoms with van der Waals surface area (Å²) < 4.78 is 23.2. The summed E-state index contributed by atoms with van der Waals surface area (Å²) in [5.41, 5.74) is 0. The molecule has 0 aliphatic carbocycles. The van der Waals surface area contributed by atoms with Gasteiger partial charge in [0.15, 0.2) is 0 Å². The van der Waals surface area contributed by atoms with Crippen LogP contribution in [0.25, 0.3) is 0 Å². The third-order valence-electron chi connectivity index (χ3n) is 13.4.